The molecule has 0 N–H and O–H groups in total. The third-order valence-electron chi connectivity index (χ3n) is 3.37. The van der Waals surface area contributed by atoms with Gasteiger partial charge in [0.2, 0.25) is 0 Å². The lowest BCUT2D eigenvalue weighted by atomic mass is 10.1. The van der Waals surface area contributed by atoms with Crippen LogP contribution in [0.15, 0.2) is 53.4 Å². The summed E-state index contributed by atoms with van der Waals surface area (Å²) in [6.45, 7) is 0. The molecule has 0 aliphatic carbocycles. The highest BCUT2D eigenvalue weighted by atomic mass is 35.5. The van der Waals surface area contributed by atoms with Crippen LogP contribution in [0.4, 0.5) is 18.9 Å². The van der Waals surface area contributed by atoms with E-state index in [1.807, 2.05) is 0 Å². The molecule has 128 valence electrons. The van der Waals surface area contributed by atoms with Crippen molar-refractivity contribution in [2.24, 2.45) is 0 Å². The number of halogens is 4. The molecule has 0 radical (unpaired) electrons. The van der Waals surface area contributed by atoms with Gasteiger partial charge in [0.15, 0.2) is 4.32 Å². The zero-order valence-electron chi connectivity index (χ0n) is 12.4. The lowest BCUT2D eigenvalue weighted by Gasteiger charge is -2.16. The number of hydrogen-bond donors (Lipinski definition) is 0. The molecule has 3 rings (SSSR count). The number of carbonyl (C=O) groups is 1. The second-order valence-corrected chi connectivity index (χ2v) is 7.23. The van der Waals surface area contributed by atoms with Gasteiger partial charge < -0.3 is 0 Å². The molecule has 0 spiro atoms. The van der Waals surface area contributed by atoms with Crippen molar-refractivity contribution < 1.29 is 18.0 Å². The van der Waals surface area contributed by atoms with Gasteiger partial charge in [-0.05, 0) is 42.0 Å². The Kier molecular flexibility index (Phi) is 4.90. The lowest BCUT2D eigenvalue weighted by Crippen LogP contribution is -2.27. The van der Waals surface area contributed by atoms with E-state index in [1.165, 1.54) is 12.1 Å². The smallest absolute Gasteiger partial charge is 0.268 e. The molecule has 1 amide bonds. The zero-order valence-corrected chi connectivity index (χ0v) is 14.8. The van der Waals surface area contributed by atoms with Gasteiger partial charge in [-0.3, -0.25) is 9.69 Å². The minimum atomic E-state index is -4.49. The van der Waals surface area contributed by atoms with Crippen LogP contribution in [0.2, 0.25) is 5.02 Å². The maximum Gasteiger partial charge on any atom is 0.416 e. The van der Waals surface area contributed by atoms with E-state index < -0.39 is 17.6 Å². The molecule has 2 nitrogen and oxygen atoms in total. The number of carbonyl (C=O) groups excluding carboxylic acids is 1. The second kappa shape index (κ2) is 6.82. The Hall–Kier alpha value is -1.83. The molecule has 1 fully saturated rings. The summed E-state index contributed by atoms with van der Waals surface area (Å²) in [5.41, 5.74) is -0.0401. The first-order valence-corrected chi connectivity index (χ1v) is 8.57. The number of rotatable bonds is 2. The number of thioether (sulfide) groups is 1. The fraction of sp³-hybridized carbons (Fsp3) is 0.0588. The van der Waals surface area contributed by atoms with Crippen LogP contribution < -0.4 is 4.90 Å². The zero-order chi connectivity index (χ0) is 18.2. The number of anilines is 1. The van der Waals surface area contributed by atoms with Gasteiger partial charge >= 0.3 is 6.18 Å². The van der Waals surface area contributed by atoms with E-state index >= 15 is 0 Å². The Labute approximate surface area is 156 Å². The van der Waals surface area contributed by atoms with Crippen molar-refractivity contribution in [1.82, 2.24) is 0 Å². The quantitative estimate of drug-likeness (QED) is 0.472. The molecule has 1 heterocycles. The SMILES string of the molecule is O=C1/C(=C/c2cccc(Cl)c2)SC(=S)N1c1cccc(C(F)(F)F)c1. The minimum Gasteiger partial charge on any atom is -0.268 e. The van der Waals surface area contributed by atoms with Crippen molar-refractivity contribution in [2.75, 3.05) is 4.90 Å². The molecule has 0 unspecified atom stereocenters. The summed E-state index contributed by atoms with van der Waals surface area (Å²) in [5, 5.41) is 0.516. The van der Waals surface area contributed by atoms with Crippen molar-refractivity contribution in [2.45, 2.75) is 6.18 Å². The van der Waals surface area contributed by atoms with Crippen LogP contribution in [0.25, 0.3) is 6.08 Å². The van der Waals surface area contributed by atoms with E-state index in [2.05, 4.69) is 0 Å². The van der Waals surface area contributed by atoms with Crippen LogP contribution in [0, 0.1) is 0 Å². The molecule has 8 heteroatoms. The van der Waals surface area contributed by atoms with E-state index in [0.717, 1.165) is 28.8 Å². The molecule has 25 heavy (non-hydrogen) atoms. The summed E-state index contributed by atoms with van der Waals surface area (Å²) in [4.78, 5) is 14.0. The fourth-order valence-electron chi connectivity index (χ4n) is 2.26. The highest BCUT2D eigenvalue weighted by Gasteiger charge is 2.36. The van der Waals surface area contributed by atoms with Gasteiger partial charge in [-0.25, -0.2) is 0 Å². The molecule has 2 aromatic carbocycles. The van der Waals surface area contributed by atoms with Crippen LogP contribution in [-0.2, 0) is 11.0 Å². The van der Waals surface area contributed by atoms with E-state index in [4.69, 9.17) is 23.8 Å². The van der Waals surface area contributed by atoms with Crippen LogP contribution >= 0.6 is 35.6 Å². The standard InChI is InChI=1S/C17H9ClF3NOS2/c18-12-5-1-3-10(7-12)8-14-15(23)22(16(24)25-14)13-6-2-4-11(9-13)17(19,20)21/h1-9H/b14-8-. The predicted octanol–water partition coefficient (Wildman–Crippen LogP) is 5.76. The van der Waals surface area contributed by atoms with Crippen molar-refractivity contribution in [3.05, 3.63) is 69.6 Å². The van der Waals surface area contributed by atoms with Gasteiger partial charge in [0, 0.05) is 5.02 Å². The van der Waals surface area contributed by atoms with E-state index in [9.17, 15) is 18.0 Å². The van der Waals surface area contributed by atoms with Crippen LogP contribution in [0.5, 0.6) is 0 Å². The third kappa shape index (κ3) is 3.89. The van der Waals surface area contributed by atoms with Gasteiger partial charge in [-0.15, -0.1) is 0 Å². The number of nitrogens with zero attached hydrogens (tertiary/aromatic N) is 1. The van der Waals surface area contributed by atoms with E-state index in [-0.39, 0.29) is 10.0 Å². The average Bonchev–Trinajstić information content (AvgIpc) is 2.81. The Morgan fingerprint density at radius 2 is 1.84 bits per heavy atom. The molecule has 0 saturated carbocycles. The number of benzene rings is 2. The largest absolute Gasteiger partial charge is 0.416 e. The molecular weight excluding hydrogens is 391 g/mol. The number of thiocarbonyl (C=S) groups is 1. The number of amides is 1. The second-order valence-electron chi connectivity index (χ2n) is 5.12. The monoisotopic (exact) mass is 399 g/mol. The minimum absolute atomic E-state index is 0.0896. The topological polar surface area (TPSA) is 20.3 Å². The summed E-state index contributed by atoms with van der Waals surface area (Å²) < 4.78 is 38.8. The van der Waals surface area contributed by atoms with Crippen LogP contribution in [0.3, 0.4) is 0 Å². The molecule has 1 aliphatic heterocycles. The van der Waals surface area contributed by atoms with Crippen molar-refractivity contribution >= 4 is 57.6 Å². The first kappa shape index (κ1) is 18.0. The first-order chi connectivity index (χ1) is 11.8. The van der Waals surface area contributed by atoms with E-state index in [1.54, 1.807) is 30.3 Å². The van der Waals surface area contributed by atoms with E-state index in [0.29, 0.717) is 15.5 Å². The Morgan fingerprint density at radius 3 is 2.52 bits per heavy atom. The van der Waals surface area contributed by atoms with Gasteiger partial charge in [0.1, 0.15) is 0 Å². The van der Waals surface area contributed by atoms with Crippen LogP contribution in [-0.4, -0.2) is 10.2 Å². The van der Waals surface area contributed by atoms with Gasteiger partial charge in [0.25, 0.3) is 5.91 Å². The summed E-state index contributed by atoms with van der Waals surface area (Å²) in [5.74, 6) is -0.464. The van der Waals surface area contributed by atoms with Crippen molar-refractivity contribution in [3.8, 4) is 0 Å². The maximum absolute atomic E-state index is 12.9. The van der Waals surface area contributed by atoms with Gasteiger partial charge in [-0.1, -0.05) is 53.8 Å². The van der Waals surface area contributed by atoms with Gasteiger partial charge in [0.05, 0.1) is 16.2 Å². The van der Waals surface area contributed by atoms with Crippen molar-refractivity contribution in [1.29, 1.82) is 0 Å². The molecule has 0 aromatic heterocycles. The summed E-state index contributed by atoms with van der Waals surface area (Å²) in [6.07, 6.45) is -2.88. The predicted molar refractivity (Wildman–Crippen MR) is 98.5 cm³/mol. The molecule has 0 atom stereocenters. The average molecular weight is 400 g/mol. The lowest BCUT2D eigenvalue weighted by molar-refractivity contribution is -0.137. The van der Waals surface area contributed by atoms with Crippen molar-refractivity contribution in [3.63, 3.8) is 0 Å². The third-order valence-corrected chi connectivity index (χ3v) is 4.91. The summed E-state index contributed by atoms with van der Waals surface area (Å²) in [6, 6.07) is 11.4. The molecular formula is C17H9ClF3NOS2. The fourth-order valence-corrected chi connectivity index (χ4v) is 3.76. The highest BCUT2D eigenvalue weighted by Crippen LogP contribution is 2.38. The normalized spacial score (nSPS) is 16.8. The Morgan fingerprint density at radius 1 is 1.12 bits per heavy atom. The van der Waals surface area contributed by atoms with Crippen LogP contribution in [0.1, 0.15) is 11.1 Å². The highest BCUT2D eigenvalue weighted by molar-refractivity contribution is 8.27. The number of alkyl halides is 3. The maximum atomic E-state index is 12.9. The summed E-state index contributed by atoms with van der Waals surface area (Å²) >= 11 is 12.1. The molecule has 1 aliphatic rings. The number of hydrogen-bond acceptors (Lipinski definition) is 3. The first-order valence-electron chi connectivity index (χ1n) is 6.96. The summed E-state index contributed by atoms with van der Waals surface area (Å²) in [7, 11) is 0. The molecule has 2 aromatic rings. The molecule has 1 saturated heterocycles. The Bertz CT molecular complexity index is 895. The molecule has 0 bridgehead atoms. The van der Waals surface area contributed by atoms with Gasteiger partial charge in [-0.2, -0.15) is 13.2 Å². The Balaban J connectivity index is 1.95.